The molecule has 0 atom stereocenters. The maximum Gasteiger partial charge on any atom is 0.362 e. The third-order valence-corrected chi connectivity index (χ3v) is 4.55. The minimum absolute atomic E-state index is 0.0911. The highest BCUT2D eigenvalue weighted by Gasteiger charge is 2.17. The number of anilines is 2. The molecular formula is C22H16ClN5O4. The van der Waals surface area contributed by atoms with E-state index in [-0.39, 0.29) is 12.5 Å². The highest BCUT2D eigenvalue weighted by Crippen LogP contribution is 2.23. The molecule has 2 aromatic carbocycles. The monoisotopic (exact) mass is 449 g/mol. The third kappa shape index (κ3) is 5.08. The molecule has 0 aliphatic rings. The lowest BCUT2D eigenvalue weighted by Crippen LogP contribution is -2.27. The van der Waals surface area contributed by atoms with Gasteiger partial charge in [0.25, 0.3) is 0 Å². The second-order valence-corrected chi connectivity index (χ2v) is 7.03. The lowest BCUT2D eigenvalue weighted by Gasteiger charge is -2.14. The van der Waals surface area contributed by atoms with Crippen LogP contribution in [0.15, 0.2) is 77.7 Å². The molecular weight excluding hydrogens is 434 g/mol. The summed E-state index contributed by atoms with van der Waals surface area (Å²) in [5, 5.41) is 16.8. The number of ether oxygens (including phenoxy) is 1. The lowest BCUT2D eigenvalue weighted by atomic mass is 10.2. The summed E-state index contributed by atoms with van der Waals surface area (Å²) >= 11 is 5.92. The number of carbonyl (C=O) groups is 1. The van der Waals surface area contributed by atoms with E-state index in [1.165, 1.54) is 4.68 Å². The van der Waals surface area contributed by atoms with E-state index in [4.69, 9.17) is 16.3 Å². The molecule has 0 saturated heterocycles. The Balaban J connectivity index is 1.60. The van der Waals surface area contributed by atoms with Gasteiger partial charge in [0.15, 0.2) is 0 Å². The van der Waals surface area contributed by atoms with Gasteiger partial charge in [0, 0.05) is 23.0 Å². The molecule has 9 nitrogen and oxygen atoms in total. The zero-order valence-electron chi connectivity index (χ0n) is 16.5. The minimum Gasteiger partial charge on any atom is -0.476 e. The van der Waals surface area contributed by atoms with Gasteiger partial charge in [-0.2, -0.15) is 10.1 Å². The first-order chi connectivity index (χ1) is 15.5. The van der Waals surface area contributed by atoms with E-state index in [0.717, 1.165) is 5.56 Å². The summed E-state index contributed by atoms with van der Waals surface area (Å²) in [5.41, 5.74) is -0.211. The van der Waals surface area contributed by atoms with Crippen molar-refractivity contribution < 1.29 is 14.6 Å². The number of rotatable bonds is 7. The zero-order valence-corrected chi connectivity index (χ0v) is 17.2. The summed E-state index contributed by atoms with van der Waals surface area (Å²) in [5.74, 6) is -0.330. The number of pyridine rings is 1. The van der Waals surface area contributed by atoms with E-state index >= 15 is 0 Å². The largest absolute Gasteiger partial charge is 0.476 e. The van der Waals surface area contributed by atoms with Crippen LogP contribution in [0.2, 0.25) is 5.02 Å². The Morgan fingerprint density at radius 1 is 1.06 bits per heavy atom. The average molecular weight is 450 g/mol. The van der Waals surface area contributed by atoms with Crippen LogP contribution in [0.3, 0.4) is 0 Å². The second kappa shape index (κ2) is 9.27. The van der Waals surface area contributed by atoms with Crippen molar-refractivity contribution in [3.63, 3.8) is 0 Å². The summed E-state index contributed by atoms with van der Waals surface area (Å²) in [6.45, 7) is 0.175. The molecule has 4 aromatic rings. The highest BCUT2D eigenvalue weighted by atomic mass is 35.5. The second-order valence-electron chi connectivity index (χ2n) is 6.60. The number of carboxylic acid groups (broad SMARTS) is 1. The first-order valence-electron chi connectivity index (χ1n) is 9.41. The quantitative estimate of drug-likeness (QED) is 0.435. The first-order valence-corrected chi connectivity index (χ1v) is 9.78. The van der Waals surface area contributed by atoms with Crippen LogP contribution in [-0.2, 0) is 6.54 Å². The predicted octanol–water partition coefficient (Wildman–Crippen LogP) is 3.97. The van der Waals surface area contributed by atoms with Crippen molar-refractivity contribution in [3.8, 4) is 11.6 Å². The zero-order chi connectivity index (χ0) is 22.5. The molecule has 2 heterocycles. The van der Waals surface area contributed by atoms with Crippen LogP contribution in [0.1, 0.15) is 16.1 Å². The molecule has 10 heteroatoms. The Morgan fingerprint density at radius 3 is 2.47 bits per heavy atom. The number of nitrogens with one attached hydrogen (secondary N) is 1. The molecule has 0 fully saturated rings. The molecule has 2 N–H and O–H groups in total. The van der Waals surface area contributed by atoms with Crippen molar-refractivity contribution in [1.29, 1.82) is 0 Å². The normalized spacial score (nSPS) is 10.5. The minimum atomic E-state index is -1.45. The van der Waals surface area contributed by atoms with Gasteiger partial charge in [-0.25, -0.2) is 14.5 Å². The first kappa shape index (κ1) is 21.0. The standard InChI is InChI=1S/C22H16ClN5O4/c23-15-6-4-14(5-7-15)13-28-22(26-20(29)19(27-28)21(30)31)25-16-8-10-17(11-9-16)32-18-3-1-2-12-24-18/h1-12H,13H2,(H,30,31)(H,25,26,29). The van der Waals surface area contributed by atoms with Crippen LogP contribution in [0.5, 0.6) is 11.6 Å². The van der Waals surface area contributed by atoms with Crippen LogP contribution in [0.4, 0.5) is 11.6 Å². The van der Waals surface area contributed by atoms with Crippen LogP contribution in [0, 0.1) is 0 Å². The summed E-state index contributed by atoms with van der Waals surface area (Å²) in [6, 6.07) is 19.2. The van der Waals surface area contributed by atoms with Crippen molar-refractivity contribution in [2.75, 3.05) is 5.32 Å². The van der Waals surface area contributed by atoms with Crippen molar-refractivity contribution >= 4 is 29.2 Å². The molecule has 0 aliphatic carbocycles. The summed E-state index contributed by atoms with van der Waals surface area (Å²) in [4.78, 5) is 31.5. The Labute approximate surface area is 186 Å². The fourth-order valence-corrected chi connectivity index (χ4v) is 2.91. The molecule has 0 saturated carbocycles. The molecule has 4 rings (SSSR count). The van der Waals surface area contributed by atoms with Gasteiger partial charge in [-0.3, -0.25) is 4.79 Å². The van der Waals surface area contributed by atoms with E-state index in [2.05, 4.69) is 20.4 Å². The van der Waals surface area contributed by atoms with E-state index in [0.29, 0.717) is 22.3 Å². The van der Waals surface area contributed by atoms with Gasteiger partial charge < -0.3 is 15.2 Å². The predicted molar refractivity (Wildman–Crippen MR) is 118 cm³/mol. The molecule has 2 aromatic heterocycles. The molecule has 0 spiro atoms. The summed E-state index contributed by atoms with van der Waals surface area (Å²) in [7, 11) is 0. The highest BCUT2D eigenvalue weighted by molar-refractivity contribution is 6.30. The maximum atomic E-state index is 12.1. The van der Waals surface area contributed by atoms with Gasteiger partial charge in [0.1, 0.15) is 5.75 Å². The smallest absolute Gasteiger partial charge is 0.362 e. The van der Waals surface area contributed by atoms with E-state index < -0.39 is 17.2 Å². The van der Waals surface area contributed by atoms with Crippen molar-refractivity contribution in [3.05, 3.63) is 99.6 Å². The van der Waals surface area contributed by atoms with Crippen LogP contribution >= 0.6 is 11.6 Å². The number of benzene rings is 2. The molecule has 0 unspecified atom stereocenters. The van der Waals surface area contributed by atoms with Crippen molar-refractivity contribution in [2.45, 2.75) is 6.54 Å². The van der Waals surface area contributed by atoms with Gasteiger partial charge in [-0.15, -0.1) is 0 Å². The van der Waals surface area contributed by atoms with Crippen LogP contribution in [-0.4, -0.2) is 30.8 Å². The summed E-state index contributed by atoms with van der Waals surface area (Å²) < 4.78 is 6.97. The molecule has 0 bridgehead atoms. The van der Waals surface area contributed by atoms with Gasteiger partial charge in [-0.05, 0) is 48.0 Å². The van der Waals surface area contributed by atoms with Crippen molar-refractivity contribution in [1.82, 2.24) is 19.7 Å². The van der Waals surface area contributed by atoms with Gasteiger partial charge >= 0.3 is 11.5 Å². The SMILES string of the molecule is O=C(O)c1nn(Cc2ccc(Cl)cc2)c(Nc2ccc(Oc3ccccn3)cc2)nc1=O. The average Bonchev–Trinajstić information content (AvgIpc) is 2.79. The number of halogens is 1. The molecule has 0 radical (unpaired) electrons. The number of aromatic nitrogens is 4. The number of aromatic carboxylic acids is 1. The summed E-state index contributed by atoms with van der Waals surface area (Å²) in [6.07, 6.45) is 1.63. The molecule has 160 valence electrons. The Kier molecular flexibility index (Phi) is 6.09. The van der Waals surface area contributed by atoms with Gasteiger partial charge in [0.2, 0.25) is 17.5 Å². The fraction of sp³-hybridized carbons (Fsp3) is 0.0455. The third-order valence-electron chi connectivity index (χ3n) is 4.29. The van der Waals surface area contributed by atoms with Crippen LogP contribution in [0.25, 0.3) is 0 Å². The Hall–Kier alpha value is -4.24. The van der Waals surface area contributed by atoms with Crippen molar-refractivity contribution in [2.24, 2.45) is 0 Å². The molecule has 0 aliphatic heterocycles. The number of carboxylic acids is 1. The fourth-order valence-electron chi connectivity index (χ4n) is 2.78. The van der Waals surface area contributed by atoms with Crippen LogP contribution < -0.4 is 15.6 Å². The number of hydrogen-bond donors (Lipinski definition) is 2. The topological polar surface area (TPSA) is 119 Å². The van der Waals surface area contributed by atoms with Gasteiger partial charge in [-0.1, -0.05) is 29.8 Å². The van der Waals surface area contributed by atoms with Gasteiger partial charge in [0.05, 0.1) is 6.54 Å². The number of nitrogens with zero attached hydrogens (tertiary/aromatic N) is 4. The molecule has 32 heavy (non-hydrogen) atoms. The van der Waals surface area contributed by atoms with E-state index in [1.54, 1.807) is 66.9 Å². The Morgan fingerprint density at radius 2 is 1.81 bits per heavy atom. The number of hydrogen-bond acceptors (Lipinski definition) is 7. The van der Waals surface area contributed by atoms with E-state index in [1.807, 2.05) is 6.07 Å². The lowest BCUT2D eigenvalue weighted by molar-refractivity contribution is 0.0685. The maximum absolute atomic E-state index is 12.1. The Bertz CT molecular complexity index is 1290. The van der Waals surface area contributed by atoms with E-state index in [9.17, 15) is 14.7 Å². The molecule has 0 amide bonds.